The number of ether oxygens (including phenoxy) is 1. The van der Waals surface area contributed by atoms with Crippen molar-refractivity contribution >= 4 is 0 Å². The molecule has 0 aromatic heterocycles. The van der Waals surface area contributed by atoms with Gasteiger partial charge in [-0.25, -0.2) is 0 Å². The fourth-order valence-corrected chi connectivity index (χ4v) is 2.82. The lowest BCUT2D eigenvalue weighted by atomic mass is 9.82. The van der Waals surface area contributed by atoms with E-state index in [2.05, 4.69) is 56.4 Å². The molecule has 1 aromatic rings. The maximum absolute atomic E-state index is 5.57. The molecule has 2 heteroatoms. The first-order valence-corrected chi connectivity index (χ1v) is 7.43. The lowest BCUT2D eigenvalue weighted by molar-refractivity contribution is 0.0517. The van der Waals surface area contributed by atoms with Crippen LogP contribution in [-0.4, -0.2) is 19.8 Å². The van der Waals surface area contributed by atoms with Crippen molar-refractivity contribution in [3.8, 4) is 0 Å². The van der Waals surface area contributed by atoms with Crippen molar-refractivity contribution < 1.29 is 4.74 Å². The highest BCUT2D eigenvalue weighted by Crippen LogP contribution is 2.32. The van der Waals surface area contributed by atoms with Crippen molar-refractivity contribution in [1.82, 2.24) is 5.32 Å². The zero-order valence-electron chi connectivity index (χ0n) is 12.5. The molecule has 1 saturated heterocycles. The predicted octanol–water partition coefficient (Wildman–Crippen LogP) is 3.79. The molecular weight excluding hydrogens is 234 g/mol. The molecule has 0 amide bonds. The van der Waals surface area contributed by atoms with Gasteiger partial charge in [-0.15, -0.1) is 0 Å². The second-order valence-electron chi connectivity index (χ2n) is 6.70. The van der Waals surface area contributed by atoms with E-state index >= 15 is 0 Å². The van der Waals surface area contributed by atoms with Crippen LogP contribution in [0, 0.1) is 11.3 Å². The van der Waals surface area contributed by atoms with E-state index in [1.807, 2.05) is 0 Å². The van der Waals surface area contributed by atoms with E-state index < -0.39 is 0 Å². The maximum Gasteiger partial charge on any atom is 0.0506 e. The minimum atomic E-state index is 0.219. The smallest absolute Gasteiger partial charge is 0.0506 e. The van der Waals surface area contributed by atoms with Crippen LogP contribution in [0.2, 0.25) is 0 Å². The molecule has 2 unspecified atom stereocenters. The van der Waals surface area contributed by atoms with E-state index in [0.29, 0.717) is 12.0 Å². The topological polar surface area (TPSA) is 21.3 Å². The van der Waals surface area contributed by atoms with Gasteiger partial charge >= 0.3 is 0 Å². The Bertz CT molecular complexity index is 363. The molecule has 1 N–H and O–H groups in total. The van der Waals surface area contributed by atoms with Crippen LogP contribution >= 0.6 is 0 Å². The molecule has 2 nitrogen and oxygen atoms in total. The van der Waals surface area contributed by atoms with E-state index in [0.717, 1.165) is 19.8 Å². The summed E-state index contributed by atoms with van der Waals surface area (Å²) in [4.78, 5) is 0. The normalized spacial score (nSPS) is 22.2. The molecule has 0 radical (unpaired) electrons. The Hall–Kier alpha value is -0.860. The van der Waals surface area contributed by atoms with Crippen molar-refractivity contribution in [3.63, 3.8) is 0 Å². The Balaban J connectivity index is 1.99. The summed E-state index contributed by atoms with van der Waals surface area (Å²) >= 11 is 0. The van der Waals surface area contributed by atoms with Gasteiger partial charge in [0.15, 0.2) is 0 Å². The maximum atomic E-state index is 5.57. The second-order valence-corrected chi connectivity index (χ2v) is 6.70. The van der Waals surface area contributed by atoms with Gasteiger partial charge in [0, 0.05) is 19.2 Å². The Kier molecular flexibility index (Phi) is 5.00. The molecule has 19 heavy (non-hydrogen) atoms. The van der Waals surface area contributed by atoms with Gasteiger partial charge in [-0.05, 0) is 29.7 Å². The van der Waals surface area contributed by atoms with Gasteiger partial charge in [0.05, 0.1) is 6.61 Å². The molecule has 0 bridgehead atoms. The molecule has 1 fully saturated rings. The first-order valence-electron chi connectivity index (χ1n) is 7.43. The zero-order chi connectivity index (χ0) is 13.7. The number of rotatable bonds is 4. The van der Waals surface area contributed by atoms with Crippen molar-refractivity contribution in [1.29, 1.82) is 0 Å². The van der Waals surface area contributed by atoms with Gasteiger partial charge in [-0.2, -0.15) is 0 Å². The molecule has 1 aliphatic rings. The van der Waals surface area contributed by atoms with E-state index in [1.165, 1.54) is 18.4 Å². The average Bonchev–Trinajstić information content (AvgIpc) is 2.40. The summed E-state index contributed by atoms with van der Waals surface area (Å²) in [7, 11) is 0. The fourth-order valence-electron chi connectivity index (χ4n) is 2.82. The molecular formula is C17H27NO. The summed E-state index contributed by atoms with van der Waals surface area (Å²) in [6.07, 6.45) is 2.50. The molecule has 1 aromatic carbocycles. The average molecular weight is 261 g/mol. The van der Waals surface area contributed by atoms with Crippen LogP contribution in [0.3, 0.4) is 0 Å². The van der Waals surface area contributed by atoms with Crippen LogP contribution in [0.1, 0.15) is 45.2 Å². The first kappa shape index (κ1) is 14.5. The molecule has 1 heterocycles. The Morgan fingerprint density at radius 1 is 1.26 bits per heavy atom. The molecule has 0 saturated carbocycles. The van der Waals surface area contributed by atoms with Crippen molar-refractivity contribution in [3.05, 3.63) is 35.9 Å². The van der Waals surface area contributed by atoms with Crippen LogP contribution in [0.25, 0.3) is 0 Å². The Morgan fingerprint density at radius 2 is 2.00 bits per heavy atom. The highest BCUT2D eigenvalue weighted by molar-refractivity contribution is 5.20. The van der Waals surface area contributed by atoms with Crippen LogP contribution in [0.15, 0.2) is 30.3 Å². The highest BCUT2D eigenvalue weighted by atomic mass is 16.5. The number of hydrogen-bond acceptors (Lipinski definition) is 2. The summed E-state index contributed by atoms with van der Waals surface area (Å²) in [5.41, 5.74) is 1.60. The monoisotopic (exact) mass is 261 g/mol. The third-order valence-electron chi connectivity index (χ3n) is 3.86. The molecule has 1 aliphatic heterocycles. The van der Waals surface area contributed by atoms with Crippen LogP contribution in [-0.2, 0) is 4.74 Å². The standard InChI is InChI=1S/C17H27NO/c1-17(2,3)16(15-9-5-4-6-10-15)18-12-14-8-7-11-19-13-14/h4-6,9-10,14,16,18H,7-8,11-13H2,1-3H3. The third kappa shape index (κ3) is 4.32. The van der Waals surface area contributed by atoms with Gasteiger partial charge in [0.1, 0.15) is 0 Å². The summed E-state index contributed by atoms with van der Waals surface area (Å²) in [5.74, 6) is 0.669. The van der Waals surface area contributed by atoms with E-state index in [1.54, 1.807) is 0 Å². The van der Waals surface area contributed by atoms with Crippen molar-refractivity contribution in [2.45, 2.75) is 39.7 Å². The lowest BCUT2D eigenvalue weighted by Gasteiger charge is -2.34. The largest absolute Gasteiger partial charge is 0.381 e. The minimum absolute atomic E-state index is 0.219. The third-order valence-corrected chi connectivity index (χ3v) is 3.86. The first-order chi connectivity index (χ1) is 9.07. The minimum Gasteiger partial charge on any atom is -0.381 e. The zero-order valence-corrected chi connectivity index (χ0v) is 12.5. The number of hydrogen-bond donors (Lipinski definition) is 1. The Labute approximate surface area is 117 Å². The van der Waals surface area contributed by atoms with Crippen molar-refractivity contribution in [2.75, 3.05) is 19.8 Å². The SMILES string of the molecule is CC(C)(C)C(NCC1CCCOC1)c1ccccc1. The molecule has 0 spiro atoms. The molecule has 106 valence electrons. The Morgan fingerprint density at radius 3 is 2.58 bits per heavy atom. The van der Waals surface area contributed by atoms with Gasteiger partial charge in [-0.3, -0.25) is 0 Å². The highest BCUT2D eigenvalue weighted by Gasteiger charge is 2.26. The summed E-state index contributed by atoms with van der Waals surface area (Å²) < 4.78 is 5.57. The van der Waals surface area contributed by atoms with Gasteiger partial charge in [0.25, 0.3) is 0 Å². The number of benzene rings is 1. The van der Waals surface area contributed by atoms with E-state index in [9.17, 15) is 0 Å². The summed E-state index contributed by atoms with van der Waals surface area (Å²) in [6, 6.07) is 11.2. The summed E-state index contributed by atoms with van der Waals surface area (Å²) in [5, 5.41) is 3.77. The lowest BCUT2D eigenvalue weighted by Crippen LogP contribution is -2.37. The van der Waals surface area contributed by atoms with Gasteiger partial charge < -0.3 is 10.1 Å². The second kappa shape index (κ2) is 6.53. The number of nitrogens with one attached hydrogen (secondary N) is 1. The molecule has 2 rings (SSSR count). The van der Waals surface area contributed by atoms with E-state index in [4.69, 9.17) is 4.74 Å². The van der Waals surface area contributed by atoms with Crippen LogP contribution in [0.5, 0.6) is 0 Å². The van der Waals surface area contributed by atoms with Crippen LogP contribution in [0.4, 0.5) is 0 Å². The van der Waals surface area contributed by atoms with Gasteiger partial charge in [-0.1, -0.05) is 51.1 Å². The molecule has 0 aliphatic carbocycles. The van der Waals surface area contributed by atoms with E-state index in [-0.39, 0.29) is 5.41 Å². The van der Waals surface area contributed by atoms with Crippen LogP contribution < -0.4 is 5.32 Å². The predicted molar refractivity (Wildman–Crippen MR) is 80.2 cm³/mol. The molecule has 2 atom stereocenters. The summed E-state index contributed by atoms with van der Waals surface area (Å²) in [6.45, 7) is 9.81. The van der Waals surface area contributed by atoms with Gasteiger partial charge in [0.2, 0.25) is 0 Å². The van der Waals surface area contributed by atoms with Crippen molar-refractivity contribution in [2.24, 2.45) is 11.3 Å². The quantitative estimate of drug-likeness (QED) is 0.890. The fraction of sp³-hybridized carbons (Fsp3) is 0.647.